The minimum atomic E-state index is -0.308. The van der Waals surface area contributed by atoms with Crippen molar-refractivity contribution < 1.29 is 4.39 Å². The molecule has 2 N–H and O–H groups in total. The maximum absolute atomic E-state index is 13.1. The second-order valence-electron chi connectivity index (χ2n) is 3.74. The normalized spacial score (nSPS) is 10.8. The van der Waals surface area contributed by atoms with E-state index in [1.807, 2.05) is 0 Å². The number of benzene rings is 1. The summed E-state index contributed by atoms with van der Waals surface area (Å²) in [6.45, 7) is 0.613. The summed E-state index contributed by atoms with van der Waals surface area (Å²) in [5, 5.41) is 4.67. The number of aryl methyl sites for hydroxylation is 1. The lowest BCUT2D eigenvalue weighted by Crippen LogP contribution is -2.00. The van der Waals surface area contributed by atoms with E-state index in [0.29, 0.717) is 17.4 Å². The van der Waals surface area contributed by atoms with Crippen molar-refractivity contribution in [2.45, 2.75) is 12.8 Å². The summed E-state index contributed by atoms with van der Waals surface area (Å²) in [7, 11) is 0. The van der Waals surface area contributed by atoms with Crippen LogP contribution in [0.15, 0.2) is 30.5 Å². The van der Waals surface area contributed by atoms with E-state index in [-0.39, 0.29) is 5.82 Å². The van der Waals surface area contributed by atoms with Crippen molar-refractivity contribution in [2.24, 2.45) is 5.73 Å². The highest BCUT2D eigenvalue weighted by atomic mass is 35.5. The van der Waals surface area contributed by atoms with Crippen molar-refractivity contribution in [3.8, 4) is 5.69 Å². The molecule has 2 aromatic rings. The highest BCUT2D eigenvalue weighted by Crippen LogP contribution is 2.21. The highest BCUT2D eigenvalue weighted by Gasteiger charge is 2.09. The van der Waals surface area contributed by atoms with Gasteiger partial charge < -0.3 is 5.73 Å². The molecule has 0 saturated heterocycles. The Morgan fingerprint density at radius 2 is 2.24 bits per heavy atom. The second kappa shape index (κ2) is 5.29. The van der Waals surface area contributed by atoms with Crippen molar-refractivity contribution in [1.82, 2.24) is 9.78 Å². The van der Waals surface area contributed by atoms with Crippen LogP contribution in [0, 0.1) is 5.82 Å². The molecule has 0 spiro atoms. The fourth-order valence-corrected chi connectivity index (χ4v) is 1.90. The molecule has 0 aliphatic carbocycles. The quantitative estimate of drug-likeness (QED) is 0.910. The van der Waals surface area contributed by atoms with E-state index < -0.39 is 0 Å². The number of hydrogen-bond acceptors (Lipinski definition) is 2. The molecule has 3 nitrogen and oxygen atoms in total. The van der Waals surface area contributed by atoms with Crippen molar-refractivity contribution in [2.75, 3.05) is 6.54 Å². The van der Waals surface area contributed by atoms with Gasteiger partial charge in [0, 0.05) is 5.56 Å². The largest absolute Gasteiger partial charge is 0.330 e. The van der Waals surface area contributed by atoms with Crippen molar-refractivity contribution >= 4 is 11.6 Å². The Balaban J connectivity index is 2.30. The van der Waals surface area contributed by atoms with E-state index in [2.05, 4.69) is 5.10 Å². The van der Waals surface area contributed by atoms with E-state index in [1.165, 1.54) is 16.8 Å². The predicted molar refractivity (Wildman–Crippen MR) is 65.9 cm³/mol. The Morgan fingerprint density at radius 3 is 2.94 bits per heavy atom. The number of nitrogens with zero attached hydrogens (tertiary/aromatic N) is 2. The molecule has 0 amide bonds. The van der Waals surface area contributed by atoms with Gasteiger partial charge in [-0.2, -0.15) is 5.10 Å². The van der Waals surface area contributed by atoms with Gasteiger partial charge >= 0.3 is 0 Å². The zero-order chi connectivity index (χ0) is 12.3. The van der Waals surface area contributed by atoms with Gasteiger partial charge in [0.15, 0.2) is 0 Å². The maximum atomic E-state index is 13.1. The lowest BCUT2D eigenvalue weighted by molar-refractivity contribution is 0.625. The fourth-order valence-electron chi connectivity index (χ4n) is 1.62. The summed E-state index contributed by atoms with van der Waals surface area (Å²) in [6, 6.07) is 6.17. The van der Waals surface area contributed by atoms with Gasteiger partial charge in [0.1, 0.15) is 11.0 Å². The first-order valence-electron chi connectivity index (χ1n) is 5.41. The van der Waals surface area contributed by atoms with Crippen LogP contribution in [0.3, 0.4) is 0 Å². The third-order valence-electron chi connectivity index (χ3n) is 2.48. The van der Waals surface area contributed by atoms with Gasteiger partial charge in [0.05, 0.1) is 11.9 Å². The molecule has 0 aliphatic heterocycles. The summed E-state index contributed by atoms with van der Waals surface area (Å²) in [6.07, 6.45) is 3.34. The van der Waals surface area contributed by atoms with Crippen LogP contribution in [0.1, 0.15) is 12.0 Å². The lowest BCUT2D eigenvalue weighted by atomic mass is 10.2. The molecular formula is C12H13ClFN3. The van der Waals surface area contributed by atoms with Crippen LogP contribution in [-0.2, 0) is 6.42 Å². The lowest BCUT2D eigenvalue weighted by Gasteiger charge is -2.03. The summed E-state index contributed by atoms with van der Waals surface area (Å²) >= 11 is 6.18. The van der Waals surface area contributed by atoms with Gasteiger partial charge in [-0.25, -0.2) is 9.07 Å². The molecular weight excluding hydrogens is 241 g/mol. The van der Waals surface area contributed by atoms with Crippen LogP contribution in [0.4, 0.5) is 4.39 Å². The van der Waals surface area contributed by atoms with Gasteiger partial charge in [-0.1, -0.05) is 17.7 Å². The van der Waals surface area contributed by atoms with Crippen LogP contribution in [-0.4, -0.2) is 16.3 Å². The number of halogens is 2. The molecule has 1 aromatic carbocycles. The third kappa shape index (κ3) is 2.65. The number of rotatable bonds is 4. The van der Waals surface area contributed by atoms with E-state index in [4.69, 9.17) is 17.3 Å². The molecule has 5 heteroatoms. The Morgan fingerprint density at radius 1 is 1.41 bits per heavy atom. The molecule has 0 unspecified atom stereocenters. The second-order valence-corrected chi connectivity index (χ2v) is 4.10. The molecule has 0 saturated carbocycles. The van der Waals surface area contributed by atoms with Crippen LogP contribution in [0.2, 0.25) is 5.15 Å². The number of hydrogen-bond donors (Lipinski definition) is 1. The molecule has 2 rings (SSSR count). The molecule has 17 heavy (non-hydrogen) atoms. The standard InChI is InChI=1S/C12H13ClFN3/c13-12-9(3-2-6-15)8-16-17(12)11-5-1-4-10(14)7-11/h1,4-5,7-8H,2-3,6,15H2. The van der Waals surface area contributed by atoms with Crippen LogP contribution < -0.4 is 5.73 Å². The number of aromatic nitrogens is 2. The van der Waals surface area contributed by atoms with Gasteiger partial charge in [0.25, 0.3) is 0 Å². The predicted octanol–water partition coefficient (Wildman–Crippen LogP) is 2.56. The molecule has 0 fully saturated rings. The van der Waals surface area contributed by atoms with E-state index in [1.54, 1.807) is 18.3 Å². The topological polar surface area (TPSA) is 43.8 Å². The number of nitrogens with two attached hydrogens (primary N) is 1. The summed E-state index contributed by atoms with van der Waals surface area (Å²) in [5.41, 5.74) is 7.00. The van der Waals surface area contributed by atoms with Crippen molar-refractivity contribution in [1.29, 1.82) is 0 Å². The SMILES string of the molecule is NCCCc1cnn(-c2cccc(F)c2)c1Cl. The van der Waals surface area contributed by atoms with Gasteiger partial charge in [-0.3, -0.25) is 0 Å². The van der Waals surface area contributed by atoms with Gasteiger partial charge in [-0.05, 0) is 37.6 Å². The molecule has 0 atom stereocenters. The maximum Gasteiger partial charge on any atom is 0.136 e. The summed E-state index contributed by atoms with van der Waals surface area (Å²) in [4.78, 5) is 0. The average Bonchev–Trinajstić information content (AvgIpc) is 2.68. The molecule has 0 radical (unpaired) electrons. The minimum Gasteiger partial charge on any atom is -0.330 e. The Hall–Kier alpha value is -1.39. The molecule has 0 aliphatic rings. The minimum absolute atomic E-state index is 0.308. The third-order valence-corrected chi connectivity index (χ3v) is 2.89. The van der Waals surface area contributed by atoms with Crippen LogP contribution >= 0.6 is 11.6 Å². The van der Waals surface area contributed by atoms with Gasteiger partial charge in [0.2, 0.25) is 0 Å². The Labute approximate surface area is 104 Å². The van der Waals surface area contributed by atoms with E-state index in [0.717, 1.165) is 18.4 Å². The average molecular weight is 254 g/mol. The monoisotopic (exact) mass is 253 g/mol. The molecule has 1 aromatic heterocycles. The first-order valence-corrected chi connectivity index (χ1v) is 5.78. The zero-order valence-corrected chi connectivity index (χ0v) is 9.99. The molecule has 1 heterocycles. The summed E-state index contributed by atoms with van der Waals surface area (Å²) < 4.78 is 14.6. The zero-order valence-electron chi connectivity index (χ0n) is 9.24. The van der Waals surface area contributed by atoms with Crippen LogP contribution in [0.5, 0.6) is 0 Å². The van der Waals surface area contributed by atoms with E-state index in [9.17, 15) is 4.39 Å². The van der Waals surface area contributed by atoms with Crippen molar-refractivity contribution in [3.63, 3.8) is 0 Å². The molecule has 90 valence electrons. The highest BCUT2D eigenvalue weighted by molar-refractivity contribution is 6.30. The Kier molecular flexibility index (Phi) is 3.76. The van der Waals surface area contributed by atoms with E-state index >= 15 is 0 Å². The van der Waals surface area contributed by atoms with Gasteiger partial charge in [-0.15, -0.1) is 0 Å². The summed E-state index contributed by atoms with van der Waals surface area (Å²) in [5.74, 6) is -0.308. The fraction of sp³-hybridized carbons (Fsp3) is 0.250. The van der Waals surface area contributed by atoms with Crippen LogP contribution in [0.25, 0.3) is 5.69 Å². The van der Waals surface area contributed by atoms with Crippen molar-refractivity contribution in [3.05, 3.63) is 47.0 Å². The smallest absolute Gasteiger partial charge is 0.136 e. The Bertz CT molecular complexity index is 510. The first kappa shape index (κ1) is 12.1. The first-order chi connectivity index (χ1) is 8.22. The molecule has 0 bridgehead atoms.